The summed E-state index contributed by atoms with van der Waals surface area (Å²) in [5.74, 6) is -0.376. The van der Waals surface area contributed by atoms with Gasteiger partial charge in [-0.3, -0.25) is 14.2 Å². The SMILES string of the molecule is CCCCNSc1cc(NC(=O)CNSc2ccc(F)cc2)c(C)s1. The van der Waals surface area contributed by atoms with E-state index < -0.39 is 0 Å². The fourth-order valence-electron chi connectivity index (χ4n) is 1.88. The average Bonchev–Trinajstić information content (AvgIpc) is 2.93. The smallest absolute Gasteiger partial charge is 0.239 e. The number of nitrogens with one attached hydrogen (secondary N) is 3. The summed E-state index contributed by atoms with van der Waals surface area (Å²) in [5.41, 5.74) is 0.850. The lowest BCUT2D eigenvalue weighted by Crippen LogP contribution is -2.23. The van der Waals surface area contributed by atoms with E-state index in [0.717, 1.165) is 32.6 Å². The molecule has 0 spiro atoms. The molecule has 0 bridgehead atoms. The Balaban J connectivity index is 1.74. The van der Waals surface area contributed by atoms with E-state index in [4.69, 9.17) is 0 Å². The summed E-state index contributed by atoms with van der Waals surface area (Å²) in [4.78, 5) is 14.0. The number of anilines is 1. The maximum atomic E-state index is 12.8. The fourth-order valence-corrected chi connectivity index (χ4v) is 4.51. The van der Waals surface area contributed by atoms with Crippen molar-refractivity contribution in [1.82, 2.24) is 9.44 Å². The molecule has 0 aliphatic carbocycles. The predicted octanol–water partition coefficient (Wildman–Crippen LogP) is 4.83. The highest BCUT2D eigenvalue weighted by atomic mass is 32.2. The summed E-state index contributed by atoms with van der Waals surface area (Å²) in [6.07, 6.45) is 2.32. The second-order valence-corrected chi connectivity index (χ2v) is 8.72. The molecule has 1 aromatic heterocycles. The van der Waals surface area contributed by atoms with Gasteiger partial charge in [0.1, 0.15) is 5.82 Å². The van der Waals surface area contributed by atoms with Crippen molar-refractivity contribution in [2.75, 3.05) is 18.4 Å². The number of halogens is 1. The predicted molar refractivity (Wildman–Crippen MR) is 107 cm³/mol. The fraction of sp³-hybridized carbons (Fsp3) is 0.353. The third-order valence-corrected chi connectivity index (χ3v) is 6.02. The van der Waals surface area contributed by atoms with Gasteiger partial charge in [-0.05, 0) is 67.6 Å². The van der Waals surface area contributed by atoms with Crippen LogP contribution in [0.5, 0.6) is 0 Å². The van der Waals surface area contributed by atoms with E-state index in [-0.39, 0.29) is 18.3 Å². The molecule has 0 atom stereocenters. The summed E-state index contributed by atoms with van der Waals surface area (Å²) in [7, 11) is 0. The second kappa shape index (κ2) is 10.8. The number of amides is 1. The minimum absolute atomic E-state index is 0.106. The van der Waals surface area contributed by atoms with E-state index >= 15 is 0 Å². The summed E-state index contributed by atoms with van der Waals surface area (Å²) in [6, 6.07) is 8.12. The third-order valence-electron chi connectivity index (χ3n) is 3.21. The van der Waals surface area contributed by atoms with Gasteiger partial charge in [0.15, 0.2) is 0 Å². The van der Waals surface area contributed by atoms with Gasteiger partial charge in [-0.2, -0.15) is 0 Å². The van der Waals surface area contributed by atoms with Crippen molar-refractivity contribution in [1.29, 1.82) is 0 Å². The molecule has 25 heavy (non-hydrogen) atoms. The second-order valence-electron chi connectivity index (χ2n) is 5.31. The van der Waals surface area contributed by atoms with E-state index in [2.05, 4.69) is 21.7 Å². The van der Waals surface area contributed by atoms with Crippen LogP contribution in [0, 0.1) is 12.7 Å². The van der Waals surface area contributed by atoms with Gasteiger partial charge in [0.2, 0.25) is 5.91 Å². The van der Waals surface area contributed by atoms with Gasteiger partial charge in [-0.25, -0.2) is 4.39 Å². The van der Waals surface area contributed by atoms with Crippen molar-refractivity contribution >= 4 is 46.8 Å². The van der Waals surface area contributed by atoms with E-state index in [0.29, 0.717) is 0 Å². The molecule has 0 aliphatic heterocycles. The molecular weight excluding hydrogens is 377 g/mol. The van der Waals surface area contributed by atoms with Gasteiger partial charge in [0.25, 0.3) is 0 Å². The Hall–Kier alpha value is -1.06. The molecule has 3 N–H and O–H groups in total. The van der Waals surface area contributed by atoms with Crippen LogP contribution in [0.4, 0.5) is 10.1 Å². The van der Waals surface area contributed by atoms with Gasteiger partial charge < -0.3 is 5.32 Å². The van der Waals surface area contributed by atoms with Crippen LogP contribution >= 0.6 is 35.2 Å². The number of thiophene rings is 1. The molecule has 136 valence electrons. The van der Waals surface area contributed by atoms with Crippen molar-refractivity contribution in [3.8, 4) is 0 Å². The summed E-state index contributed by atoms with van der Waals surface area (Å²) in [5, 5.41) is 2.92. The number of rotatable bonds is 10. The van der Waals surface area contributed by atoms with Crippen LogP contribution in [-0.4, -0.2) is 19.0 Å². The first-order valence-corrected chi connectivity index (χ1v) is 10.5. The first kappa shape index (κ1) is 20.3. The molecule has 2 rings (SSSR count). The molecule has 0 aliphatic rings. The Morgan fingerprint density at radius 2 is 1.96 bits per heavy atom. The van der Waals surface area contributed by atoms with Crippen LogP contribution in [0.1, 0.15) is 24.6 Å². The molecule has 0 radical (unpaired) electrons. The summed E-state index contributed by atoms with van der Waals surface area (Å²) < 4.78 is 20.3. The monoisotopic (exact) mass is 399 g/mol. The summed E-state index contributed by atoms with van der Waals surface area (Å²) in [6.45, 7) is 5.31. The quantitative estimate of drug-likeness (QED) is 0.395. The summed E-state index contributed by atoms with van der Waals surface area (Å²) >= 11 is 4.57. The zero-order valence-electron chi connectivity index (χ0n) is 14.2. The lowest BCUT2D eigenvalue weighted by molar-refractivity contribution is -0.115. The number of unbranched alkanes of at least 4 members (excludes halogenated alkanes) is 1. The van der Waals surface area contributed by atoms with Crippen LogP contribution < -0.4 is 14.8 Å². The molecule has 1 heterocycles. The van der Waals surface area contributed by atoms with Crippen molar-refractivity contribution < 1.29 is 9.18 Å². The highest BCUT2D eigenvalue weighted by Crippen LogP contribution is 2.32. The highest BCUT2D eigenvalue weighted by molar-refractivity contribution is 7.99. The third kappa shape index (κ3) is 7.37. The van der Waals surface area contributed by atoms with Crippen molar-refractivity contribution in [2.24, 2.45) is 0 Å². The Morgan fingerprint density at radius 3 is 2.68 bits per heavy atom. The van der Waals surface area contributed by atoms with Crippen molar-refractivity contribution in [3.05, 3.63) is 41.0 Å². The molecular formula is C17H22FN3OS3. The molecule has 0 unspecified atom stereocenters. The molecule has 0 saturated carbocycles. The minimum Gasteiger partial charge on any atom is -0.324 e. The zero-order chi connectivity index (χ0) is 18.1. The maximum Gasteiger partial charge on any atom is 0.239 e. The zero-order valence-corrected chi connectivity index (χ0v) is 16.7. The number of carbonyl (C=O) groups excluding carboxylic acids is 1. The van der Waals surface area contributed by atoms with Crippen molar-refractivity contribution in [2.45, 2.75) is 35.8 Å². The van der Waals surface area contributed by atoms with Crippen LogP contribution in [0.15, 0.2) is 39.4 Å². The first-order chi connectivity index (χ1) is 12.1. The van der Waals surface area contributed by atoms with Crippen LogP contribution in [-0.2, 0) is 4.79 Å². The topological polar surface area (TPSA) is 53.2 Å². The van der Waals surface area contributed by atoms with Gasteiger partial charge in [-0.1, -0.05) is 13.3 Å². The van der Waals surface area contributed by atoms with Gasteiger partial charge in [0, 0.05) is 16.3 Å². The van der Waals surface area contributed by atoms with E-state index in [1.54, 1.807) is 35.4 Å². The molecule has 0 saturated heterocycles. The standard InChI is InChI=1S/C17H22FN3OS3/c1-3-4-9-19-25-17-10-15(12(2)23-17)21-16(22)11-20-24-14-7-5-13(18)6-8-14/h5-8,10,19-20H,3-4,9,11H2,1-2H3,(H,21,22). The number of benzene rings is 1. The van der Waals surface area contributed by atoms with Gasteiger partial charge in [0.05, 0.1) is 16.4 Å². The van der Waals surface area contributed by atoms with Gasteiger partial charge >= 0.3 is 0 Å². The van der Waals surface area contributed by atoms with E-state index in [9.17, 15) is 9.18 Å². The lowest BCUT2D eigenvalue weighted by Gasteiger charge is -2.06. The normalized spacial score (nSPS) is 10.8. The van der Waals surface area contributed by atoms with Crippen molar-refractivity contribution in [3.63, 3.8) is 0 Å². The Morgan fingerprint density at radius 1 is 1.20 bits per heavy atom. The van der Waals surface area contributed by atoms with Crippen LogP contribution in [0.2, 0.25) is 0 Å². The molecule has 1 amide bonds. The lowest BCUT2D eigenvalue weighted by atomic mass is 10.3. The Bertz CT molecular complexity index is 676. The largest absolute Gasteiger partial charge is 0.324 e. The van der Waals surface area contributed by atoms with E-state index in [1.807, 2.05) is 13.0 Å². The first-order valence-electron chi connectivity index (χ1n) is 8.03. The highest BCUT2D eigenvalue weighted by Gasteiger charge is 2.09. The molecule has 2 aromatic rings. The number of hydrogen-bond acceptors (Lipinski definition) is 6. The van der Waals surface area contributed by atoms with Crippen LogP contribution in [0.25, 0.3) is 0 Å². The Labute approximate surface area is 160 Å². The average molecular weight is 400 g/mol. The van der Waals surface area contributed by atoms with Crippen LogP contribution in [0.3, 0.4) is 0 Å². The number of carbonyl (C=O) groups is 1. The van der Waals surface area contributed by atoms with Gasteiger partial charge in [-0.15, -0.1) is 11.3 Å². The molecule has 1 aromatic carbocycles. The maximum absolute atomic E-state index is 12.8. The molecule has 0 fully saturated rings. The Kier molecular flexibility index (Phi) is 8.77. The molecule has 8 heteroatoms. The number of aryl methyl sites for hydroxylation is 1. The van der Waals surface area contributed by atoms with E-state index in [1.165, 1.54) is 30.5 Å². The molecule has 4 nitrogen and oxygen atoms in total. The minimum atomic E-state index is -0.270. The number of hydrogen-bond donors (Lipinski definition) is 3.